The third-order valence-electron chi connectivity index (χ3n) is 3.90. The zero-order chi connectivity index (χ0) is 20.7. The molecule has 0 unspecified atom stereocenters. The molecule has 2 rings (SSSR count). The van der Waals surface area contributed by atoms with E-state index in [1.807, 2.05) is 6.92 Å². The Bertz CT molecular complexity index is 909. The van der Waals surface area contributed by atoms with Crippen LogP contribution in [0.15, 0.2) is 47.4 Å². The lowest BCUT2D eigenvalue weighted by Gasteiger charge is -2.15. The van der Waals surface area contributed by atoms with Crippen molar-refractivity contribution in [2.24, 2.45) is 0 Å². The number of benzene rings is 2. The third kappa shape index (κ3) is 5.71. The lowest BCUT2D eigenvalue weighted by molar-refractivity contribution is -0.118. The van der Waals surface area contributed by atoms with Crippen LogP contribution in [0.3, 0.4) is 0 Å². The summed E-state index contributed by atoms with van der Waals surface area (Å²) in [6, 6.07) is 11.8. The number of nitrogens with one attached hydrogen (secondary N) is 1. The van der Waals surface area contributed by atoms with Crippen molar-refractivity contribution in [2.45, 2.75) is 25.2 Å². The van der Waals surface area contributed by atoms with E-state index in [0.717, 1.165) is 16.5 Å². The Kier molecular flexibility index (Phi) is 7.42. The molecule has 1 N–H and O–H groups in total. The fourth-order valence-corrected chi connectivity index (χ4v) is 3.49. The van der Waals surface area contributed by atoms with Gasteiger partial charge in [-0.25, -0.2) is 12.7 Å². The van der Waals surface area contributed by atoms with Gasteiger partial charge < -0.3 is 14.8 Å². The monoisotopic (exact) mass is 406 g/mol. The van der Waals surface area contributed by atoms with Crippen molar-refractivity contribution in [2.75, 3.05) is 32.6 Å². The second kappa shape index (κ2) is 9.57. The zero-order valence-corrected chi connectivity index (χ0v) is 17.4. The molecule has 0 atom stereocenters. The molecule has 0 radical (unpaired) electrons. The first-order chi connectivity index (χ1) is 13.2. The predicted octanol–water partition coefficient (Wildman–Crippen LogP) is 3.05. The minimum Gasteiger partial charge on any atom is -0.494 e. The van der Waals surface area contributed by atoms with Crippen LogP contribution < -0.4 is 14.8 Å². The van der Waals surface area contributed by atoms with Crippen molar-refractivity contribution in [1.29, 1.82) is 0 Å². The van der Waals surface area contributed by atoms with Gasteiger partial charge in [0.25, 0.3) is 5.91 Å². The van der Waals surface area contributed by atoms with Crippen LogP contribution in [-0.2, 0) is 14.8 Å². The molecule has 7 nitrogen and oxygen atoms in total. The first-order valence-corrected chi connectivity index (χ1v) is 10.4. The van der Waals surface area contributed by atoms with Gasteiger partial charge in [-0.15, -0.1) is 0 Å². The molecule has 28 heavy (non-hydrogen) atoms. The molecule has 0 heterocycles. The highest BCUT2D eigenvalue weighted by Gasteiger charge is 2.20. The van der Waals surface area contributed by atoms with E-state index in [1.165, 1.54) is 20.2 Å². The molecule has 0 saturated carbocycles. The van der Waals surface area contributed by atoms with Crippen molar-refractivity contribution in [3.63, 3.8) is 0 Å². The van der Waals surface area contributed by atoms with Crippen molar-refractivity contribution < 1.29 is 22.7 Å². The second-order valence-corrected chi connectivity index (χ2v) is 8.54. The zero-order valence-electron chi connectivity index (χ0n) is 16.6. The molecule has 2 aromatic rings. The van der Waals surface area contributed by atoms with Crippen LogP contribution in [0.5, 0.6) is 11.5 Å². The molecule has 0 aliphatic carbocycles. The van der Waals surface area contributed by atoms with Gasteiger partial charge in [0, 0.05) is 19.8 Å². The van der Waals surface area contributed by atoms with Gasteiger partial charge in [-0.3, -0.25) is 4.79 Å². The Hall–Kier alpha value is -2.58. The number of hydrogen-bond donors (Lipinski definition) is 1. The van der Waals surface area contributed by atoms with Gasteiger partial charge in [-0.05, 0) is 55.3 Å². The molecule has 0 aliphatic rings. The first-order valence-electron chi connectivity index (χ1n) is 8.92. The molecule has 0 fully saturated rings. The molecular formula is C20H26N2O5S. The molecule has 152 valence electrons. The SMILES string of the molecule is CCCOc1ccc(OCC(=O)Nc2ccc(C)c(S(=O)(=O)N(C)C)c2)cc1. The van der Waals surface area contributed by atoms with E-state index in [1.54, 1.807) is 43.3 Å². The summed E-state index contributed by atoms with van der Waals surface area (Å²) in [5.74, 6) is 0.898. The van der Waals surface area contributed by atoms with Crippen molar-refractivity contribution in [1.82, 2.24) is 4.31 Å². The van der Waals surface area contributed by atoms with Crippen LogP contribution >= 0.6 is 0 Å². The highest BCUT2D eigenvalue weighted by molar-refractivity contribution is 7.89. The number of rotatable bonds is 9. The normalized spacial score (nSPS) is 11.3. The number of amides is 1. The van der Waals surface area contributed by atoms with Gasteiger partial charge in [0.1, 0.15) is 11.5 Å². The summed E-state index contributed by atoms with van der Waals surface area (Å²) < 4.78 is 36.8. The summed E-state index contributed by atoms with van der Waals surface area (Å²) in [5.41, 5.74) is 0.997. The van der Waals surface area contributed by atoms with E-state index in [2.05, 4.69) is 5.32 Å². The van der Waals surface area contributed by atoms with E-state index in [0.29, 0.717) is 23.6 Å². The molecule has 0 bridgehead atoms. The smallest absolute Gasteiger partial charge is 0.262 e. The number of nitrogens with zero attached hydrogens (tertiary/aromatic N) is 1. The number of sulfonamides is 1. The lowest BCUT2D eigenvalue weighted by atomic mass is 10.2. The number of carbonyl (C=O) groups is 1. The Morgan fingerprint density at radius 1 is 1.04 bits per heavy atom. The Morgan fingerprint density at radius 2 is 1.64 bits per heavy atom. The molecule has 8 heteroatoms. The van der Waals surface area contributed by atoms with Gasteiger partial charge in [0.15, 0.2) is 6.61 Å². The van der Waals surface area contributed by atoms with E-state index < -0.39 is 10.0 Å². The Balaban J connectivity index is 1.98. The van der Waals surface area contributed by atoms with Gasteiger partial charge >= 0.3 is 0 Å². The molecule has 0 saturated heterocycles. The Labute approximate surface area is 166 Å². The fraction of sp³-hybridized carbons (Fsp3) is 0.350. The quantitative estimate of drug-likeness (QED) is 0.692. The van der Waals surface area contributed by atoms with Crippen LogP contribution in [0.2, 0.25) is 0 Å². The summed E-state index contributed by atoms with van der Waals surface area (Å²) in [6.45, 7) is 4.19. The number of anilines is 1. The van der Waals surface area contributed by atoms with Gasteiger partial charge in [0.05, 0.1) is 11.5 Å². The highest BCUT2D eigenvalue weighted by atomic mass is 32.2. The summed E-state index contributed by atoms with van der Waals surface area (Å²) in [6.07, 6.45) is 0.926. The third-order valence-corrected chi connectivity index (χ3v) is 5.85. The minimum absolute atomic E-state index is 0.152. The van der Waals surface area contributed by atoms with Gasteiger partial charge in [0.2, 0.25) is 10.0 Å². The van der Waals surface area contributed by atoms with E-state index in [4.69, 9.17) is 9.47 Å². The standard InChI is InChI=1S/C20H26N2O5S/c1-5-12-26-17-8-10-18(11-9-17)27-14-20(23)21-16-7-6-15(2)19(13-16)28(24,25)22(3)4/h6-11,13H,5,12,14H2,1-4H3,(H,21,23). The number of carbonyl (C=O) groups excluding carboxylic acids is 1. The highest BCUT2D eigenvalue weighted by Crippen LogP contribution is 2.22. The van der Waals surface area contributed by atoms with Crippen LogP contribution in [-0.4, -0.2) is 45.9 Å². The molecule has 2 aromatic carbocycles. The summed E-state index contributed by atoms with van der Waals surface area (Å²) >= 11 is 0. The van der Waals surface area contributed by atoms with Gasteiger partial charge in [-0.1, -0.05) is 13.0 Å². The topological polar surface area (TPSA) is 84.9 Å². The second-order valence-electron chi connectivity index (χ2n) is 6.42. The van der Waals surface area contributed by atoms with Crippen LogP contribution in [0.4, 0.5) is 5.69 Å². The maximum absolute atomic E-state index is 12.4. The van der Waals surface area contributed by atoms with E-state index in [-0.39, 0.29) is 17.4 Å². The maximum Gasteiger partial charge on any atom is 0.262 e. The maximum atomic E-state index is 12.4. The molecule has 0 aromatic heterocycles. The predicted molar refractivity (Wildman–Crippen MR) is 108 cm³/mol. The fourth-order valence-electron chi connectivity index (χ4n) is 2.35. The van der Waals surface area contributed by atoms with Gasteiger partial charge in [-0.2, -0.15) is 0 Å². The van der Waals surface area contributed by atoms with Crippen molar-refractivity contribution in [3.05, 3.63) is 48.0 Å². The van der Waals surface area contributed by atoms with Crippen molar-refractivity contribution in [3.8, 4) is 11.5 Å². The van der Waals surface area contributed by atoms with E-state index in [9.17, 15) is 13.2 Å². The van der Waals surface area contributed by atoms with Crippen LogP contribution in [0.25, 0.3) is 0 Å². The summed E-state index contributed by atoms with van der Waals surface area (Å²) in [5, 5.41) is 2.66. The lowest BCUT2D eigenvalue weighted by Crippen LogP contribution is -2.24. The molecule has 1 amide bonds. The number of ether oxygens (including phenoxy) is 2. The van der Waals surface area contributed by atoms with Crippen LogP contribution in [0.1, 0.15) is 18.9 Å². The number of hydrogen-bond acceptors (Lipinski definition) is 5. The summed E-state index contributed by atoms with van der Waals surface area (Å²) in [7, 11) is -0.664. The number of aryl methyl sites for hydroxylation is 1. The molecule has 0 spiro atoms. The van der Waals surface area contributed by atoms with Crippen molar-refractivity contribution >= 4 is 21.6 Å². The molecule has 0 aliphatic heterocycles. The molecular weight excluding hydrogens is 380 g/mol. The average molecular weight is 407 g/mol. The Morgan fingerprint density at radius 3 is 2.21 bits per heavy atom. The minimum atomic E-state index is -3.59. The van der Waals surface area contributed by atoms with E-state index >= 15 is 0 Å². The summed E-state index contributed by atoms with van der Waals surface area (Å²) in [4.78, 5) is 12.3. The first kappa shape index (κ1) is 21.7. The largest absolute Gasteiger partial charge is 0.494 e. The average Bonchev–Trinajstić information content (AvgIpc) is 2.66. The van der Waals surface area contributed by atoms with Crippen LogP contribution in [0, 0.1) is 6.92 Å².